The average Bonchev–Trinajstić information content (AvgIpc) is 2.28. The number of anilines is 1. The van der Waals surface area contributed by atoms with E-state index < -0.39 is 5.82 Å². The lowest BCUT2D eigenvalue weighted by Crippen LogP contribution is -2.14. The summed E-state index contributed by atoms with van der Waals surface area (Å²) in [6, 6.07) is 5.35. The van der Waals surface area contributed by atoms with Crippen molar-refractivity contribution in [1.82, 2.24) is 9.78 Å². The molecule has 0 amide bonds. The van der Waals surface area contributed by atoms with Crippen molar-refractivity contribution in [3.63, 3.8) is 0 Å². The molecule has 88 valence electrons. The van der Waals surface area contributed by atoms with E-state index in [-0.39, 0.29) is 22.7 Å². The van der Waals surface area contributed by atoms with Gasteiger partial charge in [-0.2, -0.15) is 5.10 Å². The Morgan fingerprint density at radius 3 is 2.82 bits per heavy atom. The molecule has 1 aromatic carbocycles. The smallest absolute Gasteiger partial charge is 0.204 e. The Kier molecular flexibility index (Phi) is 3.10. The Hall–Kier alpha value is -1.88. The molecule has 2 rings (SSSR count). The molecule has 0 fully saturated rings. The van der Waals surface area contributed by atoms with Crippen LogP contribution in [0.25, 0.3) is 5.69 Å². The molecule has 6 heteroatoms. The largest absolute Gasteiger partial charge is 0.399 e. The van der Waals surface area contributed by atoms with Crippen LogP contribution in [0.4, 0.5) is 10.1 Å². The van der Waals surface area contributed by atoms with Crippen LogP contribution in [0.15, 0.2) is 35.3 Å². The van der Waals surface area contributed by atoms with Gasteiger partial charge in [0.1, 0.15) is 11.5 Å². The first kappa shape index (κ1) is 11.6. The molecule has 0 saturated heterocycles. The summed E-state index contributed by atoms with van der Waals surface area (Å²) in [6.45, 7) is 0. The minimum absolute atomic E-state index is 0.00444. The minimum atomic E-state index is -0.465. The fraction of sp³-hybridized carbons (Fsp3) is 0.0909. The number of nitrogens with zero attached hydrogens (tertiary/aromatic N) is 2. The van der Waals surface area contributed by atoms with Gasteiger partial charge < -0.3 is 5.73 Å². The maximum Gasteiger partial charge on any atom is 0.204 e. The van der Waals surface area contributed by atoms with Gasteiger partial charge in [0, 0.05) is 18.0 Å². The van der Waals surface area contributed by atoms with E-state index in [0.29, 0.717) is 5.69 Å². The maximum absolute atomic E-state index is 13.2. The lowest BCUT2D eigenvalue weighted by atomic mass is 10.2. The topological polar surface area (TPSA) is 60.9 Å². The van der Waals surface area contributed by atoms with Crippen molar-refractivity contribution < 1.29 is 4.39 Å². The van der Waals surface area contributed by atoms with Crippen molar-refractivity contribution in [2.24, 2.45) is 0 Å². The van der Waals surface area contributed by atoms with E-state index in [1.54, 1.807) is 6.07 Å². The van der Waals surface area contributed by atoms with Crippen molar-refractivity contribution in [1.29, 1.82) is 0 Å². The van der Waals surface area contributed by atoms with Crippen LogP contribution < -0.4 is 11.2 Å². The highest BCUT2D eigenvalue weighted by atomic mass is 35.5. The number of halogens is 2. The van der Waals surface area contributed by atoms with E-state index in [9.17, 15) is 9.18 Å². The number of hydrogen-bond acceptors (Lipinski definition) is 3. The number of rotatable bonds is 2. The monoisotopic (exact) mass is 253 g/mol. The van der Waals surface area contributed by atoms with Gasteiger partial charge in [-0.1, -0.05) is 0 Å². The molecule has 1 aromatic heterocycles. The molecule has 0 bridgehead atoms. The quantitative estimate of drug-likeness (QED) is 0.654. The molecule has 0 atom stereocenters. The molecule has 4 nitrogen and oxygen atoms in total. The van der Waals surface area contributed by atoms with E-state index in [0.717, 1.165) is 0 Å². The van der Waals surface area contributed by atoms with Crippen molar-refractivity contribution in [3.05, 3.63) is 52.2 Å². The van der Waals surface area contributed by atoms with Crippen LogP contribution in [0.3, 0.4) is 0 Å². The number of nitrogens with two attached hydrogens (primary N) is 1. The fourth-order valence-corrected chi connectivity index (χ4v) is 1.60. The zero-order valence-corrected chi connectivity index (χ0v) is 9.49. The molecule has 2 aromatic rings. The molecule has 0 unspecified atom stereocenters. The van der Waals surface area contributed by atoms with E-state index in [1.807, 2.05) is 0 Å². The van der Waals surface area contributed by atoms with Crippen LogP contribution in [0.5, 0.6) is 0 Å². The van der Waals surface area contributed by atoms with Gasteiger partial charge in [-0.15, -0.1) is 11.6 Å². The minimum Gasteiger partial charge on any atom is -0.399 e. The normalized spacial score (nSPS) is 10.5. The van der Waals surface area contributed by atoms with Gasteiger partial charge in [-0.25, -0.2) is 9.07 Å². The van der Waals surface area contributed by atoms with Crippen LogP contribution in [-0.2, 0) is 5.88 Å². The van der Waals surface area contributed by atoms with Gasteiger partial charge in [-0.05, 0) is 18.2 Å². The molecule has 0 aliphatic heterocycles. The zero-order valence-electron chi connectivity index (χ0n) is 8.73. The maximum atomic E-state index is 13.2. The molecule has 17 heavy (non-hydrogen) atoms. The molecule has 0 saturated carbocycles. The zero-order chi connectivity index (χ0) is 12.4. The molecular weight excluding hydrogens is 245 g/mol. The van der Waals surface area contributed by atoms with Gasteiger partial charge in [0.15, 0.2) is 0 Å². The van der Waals surface area contributed by atoms with Crippen LogP contribution in [0, 0.1) is 5.82 Å². The Morgan fingerprint density at radius 2 is 2.18 bits per heavy atom. The Bertz CT molecular complexity index is 592. The lowest BCUT2D eigenvalue weighted by molar-refractivity contribution is 0.625. The van der Waals surface area contributed by atoms with Crippen molar-refractivity contribution in [3.8, 4) is 5.69 Å². The van der Waals surface area contributed by atoms with Gasteiger partial charge in [0.05, 0.1) is 11.6 Å². The van der Waals surface area contributed by atoms with Gasteiger partial charge >= 0.3 is 0 Å². The van der Waals surface area contributed by atoms with Crippen LogP contribution in [0.1, 0.15) is 5.69 Å². The summed E-state index contributed by atoms with van der Waals surface area (Å²) in [4.78, 5) is 11.3. The number of alkyl halides is 1. The summed E-state index contributed by atoms with van der Waals surface area (Å²) in [5, 5.41) is 3.99. The van der Waals surface area contributed by atoms with Gasteiger partial charge in [-0.3, -0.25) is 4.79 Å². The molecule has 0 aliphatic rings. The number of benzene rings is 1. The second-order valence-corrected chi connectivity index (χ2v) is 3.71. The van der Waals surface area contributed by atoms with Crippen molar-refractivity contribution in [2.45, 2.75) is 5.88 Å². The number of nitrogen functional groups attached to an aromatic ring is 1. The van der Waals surface area contributed by atoms with Crippen LogP contribution >= 0.6 is 11.6 Å². The third-order valence-electron chi connectivity index (χ3n) is 2.18. The highest BCUT2D eigenvalue weighted by molar-refractivity contribution is 6.16. The van der Waals surface area contributed by atoms with Crippen LogP contribution in [0.2, 0.25) is 0 Å². The predicted molar refractivity (Wildman–Crippen MR) is 63.8 cm³/mol. The summed E-state index contributed by atoms with van der Waals surface area (Å²) in [7, 11) is 0. The third-order valence-corrected chi connectivity index (χ3v) is 2.43. The fourth-order valence-electron chi connectivity index (χ4n) is 1.41. The van der Waals surface area contributed by atoms with Gasteiger partial charge in [0.2, 0.25) is 5.43 Å². The lowest BCUT2D eigenvalue weighted by Gasteiger charge is -2.07. The summed E-state index contributed by atoms with van der Waals surface area (Å²) < 4.78 is 14.5. The molecule has 1 heterocycles. The standard InChI is InChI=1S/C11H9ClFN3O/c12-6-10-11(17)1-2-16(15-10)9-4-7(13)3-8(14)5-9/h1-5H,6,14H2. The van der Waals surface area contributed by atoms with Crippen LogP contribution in [-0.4, -0.2) is 9.78 Å². The molecule has 0 radical (unpaired) electrons. The molecule has 0 aliphatic carbocycles. The van der Waals surface area contributed by atoms with Crippen molar-refractivity contribution in [2.75, 3.05) is 5.73 Å². The Labute approximate surface area is 101 Å². The van der Waals surface area contributed by atoms with E-state index >= 15 is 0 Å². The van der Waals surface area contributed by atoms with E-state index in [2.05, 4.69) is 5.10 Å². The molecule has 0 spiro atoms. The second-order valence-electron chi connectivity index (χ2n) is 3.45. The highest BCUT2D eigenvalue weighted by Crippen LogP contribution is 2.13. The third kappa shape index (κ3) is 2.45. The SMILES string of the molecule is Nc1cc(F)cc(-n2ccc(=O)c(CCl)n2)c1. The van der Waals surface area contributed by atoms with E-state index in [1.165, 1.54) is 29.1 Å². The average molecular weight is 254 g/mol. The van der Waals surface area contributed by atoms with E-state index in [4.69, 9.17) is 17.3 Å². The Morgan fingerprint density at radius 1 is 1.41 bits per heavy atom. The number of aromatic nitrogens is 2. The molecule has 2 N–H and O–H groups in total. The summed E-state index contributed by atoms with van der Waals surface area (Å²) in [5.74, 6) is -0.460. The summed E-state index contributed by atoms with van der Waals surface area (Å²) in [5.41, 5.74) is 6.21. The first-order valence-corrected chi connectivity index (χ1v) is 5.35. The first-order chi connectivity index (χ1) is 8.10. The van der Waals surface area contributed by atoms with Crippen molar-refractivity contribution >= 4 is 17.3 Å². The highest BCUT2D eigenvalue weighted by Gasteiger charge is 2.04. The second kappa shape index (κ2) is 4.55. The predicted octanol–water partition coefficient (Wildman–Crippen LogP) is 1.69. The van der Waals surface area contributed by atoms with Gasteiger partial charge in [0.25, 0.3) is 0 Å². The summed E-state index contributed by atoms with van der Waals surface area (Å²) in [6.07, 6.45) is 1.44. The Balaban J connectivity index is 2.56. The summed E-state index contributed by atoms with van der Waals surface area (Å²) >= 11 is 5.58. The number of hydrogen-bond donors (Lipinski definition) is 1. The molecular formula is C11H9ClFN3O. The first-order valence-electron chi connectivity index (χ1n) is 4.81.